The van der Waals surface area contributed by atoms with E-state index < -0.39 is 0 Å². The summed E-state index contributed by atoms with van der Waals surface area (Å²) in [4.78, 5) is 0. The molecule has 0 spiro atoms. The van der Waals surface area contributed by atoms with E-state index in [1.165, 1.54) is 38.6 Å². The maximum atomic E-state index is 2.32. The molecule has 0 heterocycles. The van der Waals surface area contributed by atoms with E-state index in [1.807, 2.05) is 0 Å². The number of allylic oxidation sites excluding steroid dienone is 10. The number of fused-ring (bicyclic) bond motifs is 7. The van der Waals surface area contributed by atoms with Gasteiger partial charge in [0, 0.05) is 5.92 Å². The molecule has 0 bridgehead atoms. The SMILES string of the molecule is C1=CC2=C3C=CC=CC3c3ccc4ccccc4c3C2=C1. The van der Waals surface area contributed by atoms with Crippen LogP contribution < -0.4 is 0 Å². The molecule has 0 aromatic heterocycles. The van der Waals surface area contributed by atoms with Crippen LogP contribution in [0.5, 0.6) is 0 Å². The molecule has 98 valence electrons. The fourth-order valence-corrected chi connectivity index (χ4v) is 3.81. The van der Waals surface area contributed by atoms with Crippen LogP contribution in [0.4, 0.5) is 0 Å². The second kappa shape index (κ2) is 3.95. The third kappa shape index (κ3) is 1.39. The summed E-state index contributed by atoms with van der Waals surface area (Å²) in [6, 6.07) is 13.3. The quantitative estimate of drug-likeness (QED) is 0.606. The first kappa shape index (κ1) is 11.1. The van der Waals surface area contributed by atoms with Gasteiger partial charge in [-0.2, -0.15) is 0 Å². The molecule has 1 unspecified atom stereocenters. The lowest BCUT2D eigenvalue weighted by atomic mass is 9.73. The van der Waals surface area contributed by atoms with Crippen molar-refractivity contribution >= 4 is 16.3 Å². The molecule has 0 aliphatic heterocycles. The van der Waals surface area contributed by atoms with Gasteiger partial charge < -0.3 is 0 Å². The standard InChI is InChI=1S/C21H14/c1-2-7-15-14(6-1)12-13-20-17-9-4-3-8-16(17)18-10-5-11-19(18)21(15)20/h1-13,17H. The third-order valence-corrected chi connectivity index (χ3v) is 4.72. The van der Waals surface area contributed by atoms with Crippen molar-refractivity contribution in [3.05, 3.63) is 101 Å². The maximum absolute atomic E-state index is 2.32. The highest BCUT2D eigenvalue weighted by molar-refractivity contribution is 6.03. The third-order valence-electron chi connectivity index (χ3n) is 4.72. The second-order valence-corrected chi connectivity index (χ2v) is 5.78. The molecule has 0 saturated heterocycles. The number of hydrogen-bond acceptors (Lipinski definition) is 0. The Kier molecular flexibility index (Phi) is 2.09. The van der Waals surface area contributed by atoms with E-state index in [2.05, 4.69) is 78.9 Å². The molecular weight excluding hydrogens is 252 g/mol. The van der Waals surface area contributed by atoms with Crippen molar-refractivity contribution < 1.29 is 0 Å². The molecule has 0 N–H and O–H groups in total. The van der Waals surface area contributed by atoms with Gasteiger partial charge >= 0.3 is 0 Å². The van der Waals surface area contributed by atoms with Crippen molar-refractivity contribution in [1.29, 1.82) is 0 Å². The summed E-state index contributed by atoms with van der Waals surface area (Å²) in [5.74, 6) is 0.393. The highest BCUT2D eigenvalue weighted by Gasteiger charge is 2.30. The van der Waals surface area contributed by atoms with Gasteiger partial charge in [0.25, 0.3) is 0 Å². The van der Waals surface area contributed by atoms with Crippen LogP contribution in [0.15, 0.2) is 90.1 Å². The minimum atomic E-state index is 0.393. The minimum absolute atomic E-state index is 0.393. The second-order valence-electron chi connectivity index (χ2n) is 5.78. The predicted molar refractivity (Wildman–Crippen MR) is 89.1 cm³/mol. The highest BCUT2D eigenvalue weighted by atomic mass is 14.3. The summed E-state index contributed by atoms with van der Waals surface area (Å²) in [5.41, 5.74) is 7.06. The lowest BCUT2D eigenvalue weighted by Crippen LogP contribution is -2.12. The van der Waals surface area contributed by atoms with Crippen LogP contribution in [0.25, 0.3) is 16.3 Å². The Morgan fingerprint density at radius 3 is 2.76 bits per heavy atom. The van der Waals surface area contributed by atoms with Crippen molar-refractivity contribution in [2.24, 2.45) is 0 Å². The predicted octanol–water partition coefficient (Wildman–Crippen LogP) is 5.31. The van der Waals surface area contributed by atoms with Crippen LogP contribution >= 0.6 is 0 Å². The lowest BCUT2D eigenvalue weighted by molar-refractivity contribution is 0.990. The van der Waals surface area contributed by atoms with E-state index in [9.17, 15) is 0 Å². The molecule has 0 heteroatoms. The largest absolute Gasteiger partial charge is 0.0726 e. The zero-order valence-corrected chi connectivity index (χ0v) is 11.6. The van der Waals surface area contributed by atoms with Crippen LogP contribution in [-0.2, 0) is 0 Å². The average molecular weight is 266 g/mol. The minimum Gasteiger partial charge on any atom is -0.0726 e. The number of hydrogen-bond donors (Lipinski definition) is 0. The van der Waals surface area contributed by atoms with Crippen molar-refractivity contribution in [3.63, 3.8) is 0 Å². The Morgan fingerprint density at radius 2 is 1.76 bits per heavy atom. The van der Waals surface area contributed by atoms with Crippen LogP contribution in [0.3, 0.4) is 0 Å². The zero-order valence-electron chi connectivity index (χ0n) is 11.6. The monoisotopic (exact) mass is 266 g/mol. The smallest absolute Gasteiger partial charge is 0.0285 e. The van der Waals surface area contributed by atoms with Gasteiger partial charge in [0.05, 0.1) is 0 Å². The molecule has 0 saturated carbocycles. The molecule has 5 rings (SSSR count). The first-order valence-electron chi connectivity index (χ1n) is 7.43. The molecule has 0 fully saturated rings. The first-order chi connectivity index (χ1) is 10.4. The Balaban J connectivity index is 1.93. The van der Waals surface area contributed by atoms with Gasteiger partial charge in [0.15, 0.2) is 0 Å². The Labute approximate surface area is 124 Å². The van der Waals surface area contributed by atoms with E-state index in [0.29, 0.717) is 5.92 Å². The van der Waals surface area contributed by atoms with Crippen LogP contribution in [-0.4, -0.2) is 0 Å². The Bertz CT molecular complexity index is 930. The van der Waals surface area contributed by atoms with Gasteiger partial charge in [-0.3, -0.25) is 0 Å². The molecular formula is C21H14. The van der Waals surface area contributed by atoms with Gasteiger partial charge in [-0.15, -0.1) is 0 Å². The zero-order chi connectivity index (χ0) is 13.8. The summed E-state index contributed by atoms with van der Waals surface area (Å²) >= 11 is 0. The Morgan fingerprint density at radius 1 is 0.810 bits per heavy atom. The molecule has 2 aromatic rings. The first-order valence-corrected chi connectivity index (χ1v) is 7.43. The van der Waals surface area contributed by atoms with E-state index in [1.54, 1.807) is 0 Å². The normalized spacial score (nSPS) is 21.3. The maximum Gasteiger partial charge on any atom is 0.0285 e. The van der Waals surface area contributed by atoms with E-state index in [0.717, 1.165) is 0 Å². The topological polar surface area (TPSA) is 0 Å². The van der Waals surface area contributed by atoms with Crippen molar-refractivity contribution in [2.75, 3.05) is 0 Å². The molecule has 3 aliphatic rings. The highest BCUT2D eigenvalue weighted by Crippen LogP contribution is 2.49. The van der Waals surface area contributed by atoms with Crippen molar-refractivity contribution in [3.8, 4) is 0 Å². The fraction of sp³-hybridized carbons (Fsp3) is 0.0476. The van der Waals surface area contributed by atoms with Gasteiger partial charge in [-0.25, -0.2) is 0 Å². The summed E-state index contributed by atoms with van der Waals surface area (Å²) < 4.78 is 0. The van der Waals surface area contributed by atoms with Crippen molar-refractivity contribution in [2.45, 2.75) is 5.92 Å². The molecule has 0 radical (unpaired) electrons. The van der Waals surface area contributed by atoms with Crippen LogP contribution in [0, 0.1) is 0 Å². The number of benzene rings is 2. The molecule has 21 heavy (non-hydrogen) atoms. The Hall–Kier alpha value is -2.60. The van der Waals surface area contributed by atoms with E-state index in [4.69, 9.17) is 0 Å². The molecule has 0 nitrogen and oxygen atoms in total. The van der Waals surface area contributed by atoms with Gasteiger partial charge in [-0.1, -0.05) is 78.9 Å². The van der Waals surface area contributed by atoms with Crippen LogP contribution in [0.2, 0.25) is 0 Å². The van der Waals surface area contributed by atoms with Gasteiger partial charge in [-0.05, 0) is 38.6 Å². The molecule has 2 aromatic carbocycles. The molecule has 3 aliphatic carbocycles. The molecule has 1 atom stereocenters. The summed E-state index contributed by atoms with van der Waals surface area (Å²) in [6.45, 7) is 0. The summed E-state index contributed by atoms with van der Waals surface area (Å²) in [6.07, 6.45) is 15.6. The van der Waals surface area contributed by atoms with E-state index in [-0.39, 0.29) is 0 Å². The van der Waals surface area contributed by atoms with Gasteiger partial charge in [0.2, 0.25) is 0 Å². The summed E-state index contributed by atoms with van der Waals surface area (Å²) in [7, 11) is 0. The van der Waals surface area contributed by atoms with E-state index >= 15 is 0 Å². The number of rotatable bonds is 0. The van der Waals surface area contributed by atoms with Crippen molar-refractivity contribution in [1.82, 2.24) is 0 Å². The lowest BCUT2D eigenvalue weighted by Gasteiger charge is -2.30. The van der Waals surface area contributed by atoms with Crippen LogP contribution in [0.1, 0.15) is 17.0 Å². The average Bonchev–Trinajstić information content (AvgIpc) is 3.04. The van der Waals surface area contributed by atoms with Gasteiger partial charge in [0.1, 0.15) is 0 Å². The summed E-state index contributed by atoms with van der Waals surface area (Å²) in [5, 5.41) is 2.69. The molecule has 0 amide bonds. The fourth-order valence-electron chi connectivity index (χ4n) is 3.81.